The molecule has 1 amide bonds. The van der Waals surface area contributed by atoms with Gasteiger partial charge in [-0.15, -0.1) is 0 Å². The Morgan fingerprint density at radius 1 is 0.885 bits per heavy atom. The van der Waals surface area contributed by atoms with E-state index in [-0.39, 0.29) is 11.5 Å². The molecule has 3 aromatic carbocycles. The zero-order chi connectivity index (χ0) is 18.5. The summed E-state index contributed by atoms with van der Waals surface area (Å²) in [6.45, 7) is 1.98. The van der Waals surface area contributed by atoms with Crippen molar-refractivity contribution in [2.45, 2.75) is 6.92 Å². The summed E-state index contributed by atoms with van der Waals surface area (Å²) < 4.78 is 5.29. The number of benzene rings is 3. The Hall–Kier alpha value is -3.11. The van der Waals surface area contributed by atoms with E-state index in [1.807, 2.05) is 31.2 Å². The number of halogens is 1. The summed E-state index contributed by atoms with van der Waals surface area (Å²) in [7, 11) is 0. The summed E-state index contributed by atoms with van der Waals surface area (Å²) in [6, 6.07) is 20.5. The first-order valence-corrected chi connectivity index (χ1v) is 8.35. The second kappa shape index (κ2) is 7.85. The van der Waals surface area contributed by atoms with Crippen LogP contribution >= 0.6 is 11.6 Å². The molecule has 0 spiro atoms. The van der Waals surface area contributed by atoms with Crippen LogP contribution in [-0.2, 0) is 0 Å². The maximum absolute atomic E-state index is 12.3. The van der Waals surface area contributed by atoms with E-state index in [9.17, 15) is 9.59 Å². The molecule has 0 radical (unpaired) electrons. The number of amides is 1. The first-order valence-electron chi connectivity index (χ1n) is 7.98. The van der Waals surface area contributed by atoms with E-state index in [4.69, 9.17) is 16.3 Å². The zero-order valence-corrected chi connectivity index (χ0v) is 14.8. The fourth-order valence-corrected chi connectivity index (χ4v) is 2.52. The molecule has 0 aliphatic rings. The predicted molar refractivity (Wildman–Crippen MR) is 102 cm³/mol. The number of anilines is 1. The summed E-state index contributed by atoms with van der Waals surface area (Å²) in [6.07, 6.45) is 0. The minimum Gasteiger partial charge on any atom is -0.423 e. The largest absolute Gasteiger partial charge is 0.423 e. The van der Waals surface area contributed by atoms with Gasteiger partial charge in [0, 0.05) is 11.3 Å². The van der Waals surface area contributed by atoms with Crippen LogP contribution in [0.15, 0.2) is 72.8 Å². The molecular formula is C21H16ClNO3. The Morgan fingerprint density at radius 3 is 2.19 bits per heavy atom. The lowest BCUT2D eigenvalue weighted by molar-refractivity contribution is 0.0735. The Bertz CT molecular complexity index is 934. The third kappa shape index (κ3) is 4.29. The summed E-state index contributed by atoms with van der Waals surface area (Å²) in [5.74, 6) is -0.452. The highest BCUT2D eigenvalue weighted by molar-refractivity contribution is 6.33. The van der Waals surface area contributed by atoms with Crippen LogP contribution in [0.3, 0.4) is 0 Å². The predicted octanol–water partition coefficient (Wildman–Crippen LogP) is 5.12. The summed E-state index contributed by atoms with van der Waals surface area (Å²) in [5.41, 5.74) is 2.58. The number of nitrogens with one attached hydrogen (secondary N) is 1. The van der Waals surface area contributed by atoms with Crippen LogP contribution in [0.5, 0.6) is 5.75 Å². The molecule has 0 aromatic heterocycles. The molecule has 0 unspecified atom stereocenters. The van der Waals surface area contributed by atoms with Crippen molar-refractivity contribution in [3.8, 4) is 5.75 Å². The van der Waals surface area contributed by atoms with Gasteiger partial charge in [-0.25, -0.2) is 4.79 Å². The van der Waals surface area contributed by atoms with E-state index in [2.05, 4.69) is 5.32 Å². The first-order chi connectivity index (χ1) is 12.5. The molecule has 0 aliphatic carbocycles. The lowest BCUT2D eigenvalue weighted by Crippen LogP contribution is -2.12. The van der Waals surface area contributed by atoms with Gasteiger partial charge >= 0.3 is 5.97 Å². The molecule has 0 saturated heterocycles. The molecule has 0 bridgehead atoms. The highest BCUT2D eigenvalue weighted by Crippen LogP contribution is 2.19. The van der Waals surface area contributed by atoms with Crippen LogP contribution in [0.2, 0.25) is 5.02 Å². The number of ether oxygens (including phenoxy) is 1. The molecule has 4 nitrogen and oxygen atoms in total. The van der Waals surface area contributed by atoms with Gasteiger partial charge in [-0.05, 0) is 55.5 Å². The SMILES string of the molecule is Cc1ccc(NC(=O)c2ccc(OC(=O)c3ccccc3Cl)cc2)cc1. The number of rotatable bonds is 4. The maximum Gasteiger partial charge on any atom is 0.345 e. The van der Waals surface area contributed by atoms with Gasteiger partial charge < -0.3 is 10.1 Å². The van der Waals surface area contributed by atoms with Crippen molar-refractivity contribution in [1.29, 1.82) is 0 Å². The Labute approximate surface area is 156 Å². The van der Waals surface area contributed by atoms with E-state index in [0.29, 0.717) is 16.3 Å². The molecule has 5 heteroatoms. The van der Waals surface area contributed by atoms with Crippen LogP contribution in [0.4, 0.5) is 5.69 Å². The Balaban J connectivity index is 1.66. The number of carbonyl (C=O) groups excluding carboxylic acids is 2. The van der Waals surface area contributed by atoms with Crippen molar-refractivity contribution in [2.24, 2.45) is 0 Å². The van der Waals surface area contributed by atoms with Gasteiger partial charge in [0.2, 0.25) is 0 Å². The van der Waals surface area contributed by atoms with Crippen molar-refractivity contribution in [2.75, 3.05) is 5.32 Å². The third-order valence-corrected chi connectivity index (χ3v) is 4.06. The van der Waals surface area contributed by atoms with Crippen LogP contribution < -0.4 is 10.1 Å². The second-order valence-electron chi connectivity index (χ2n) is 5.71. The standard InChI is InChI=1S/C21H16ClNO3/c1-14-6-10-16(11-7-14)23-20(24)15-8-12-17(13-9-15)26-21(25)18-4-2-3-5-19(18)22/h2-13H,1H3,(H,23,24). The fraction of sp³-hybridized carbons (Fsp3) is 0.0476. The lowest BCUT2D eigenvalue weighted by atomic mass is 10.2. The molecule has 0 saturated carbocycles. The fourth-order valence-electron chi connectivity index (χ4n) is 2.30. The van der Waals surface area contributed by atoms with Crippen molar-refractivity contribution >= 4 is 29.2 Å². The van der Waals surface area contributed by atoms with Crippen LogP contribution in [0.25, 0.3) is 0 Å². The average Bonchev–Trinajstić information content (AvgIpc) is 2.64. The minimum absolute atomic E-state index is 0.238. The van der Waals surface area contributed by atoms with E-state index < -0.39 is 5.97 Å². The monoisotopic (exact) mass is 365 g/mol. The first kappa shape index (κ1) is 17.7. The van der Waals surface area contributed by atoms with E-state index in [1.165, 1.54) is 0 Å². The summed E-state index contributed by atoms with van der Waals surface area (Å²) >= 11 is 5.99. The number of hydrogen-bond acceptors (Lipinski definition) is 3. The average molecular weight is 366 g/mol. The van der Waals surface area contributed by atoms with Gasteiger partial charge in [0.1, 0.15) is 5.75 Å². The van der Waals surface area contributed by atoms with Gasteiger partial charge in [-0.1, -0.05) is 41.4 Å². The van der Waals surface area contributed by atoms with Crippen molar-refractivity contribution in [3.05, 3.63) is 94.5 Å². The molecule has 0 atom stereocenters. The van der Waals surface area contributed by atoms with Gasteiger partial charge in [0.25, 0.3) is 5.91 Å². The maximum atomic E-state index is 12.3. The molecule has 130 valence electrons. The molecule has 0 fully saturated rings. The second-order valence-corrected chi connectivity index (χ2v) is 6.12. The molecule has 1 N–H and O–H groups in total. The van der Waals surface area contributed by atoms with E-state index in [1.54, 1.807) is 48.5 Å². The lowest BCUT2D eigenvalue weighted by Gasteiger charge is -2.08. The number of esters is 1. The zero-order valence-electron chi connectivity index (χ0n) is 14.0. The van der Waals surface area contributed by atoms with Crippen molar-refractivity contribution in [1.82, 2.24) is 0 Å². The van der Waals surface area contributed by atoms with Gasteiger partial charge in [0.15, 0.2) is 0 Å². The van der Waals surface area contributed by atoms with Crippen molar-refractivity contribution in [3.63, 3.8) is 0 Å². The summed E-state index contributed by atoms with van der Waals surface area (Å²) in [5, 5.41) is 3.14. The highest BCUT2D eigenvalue weighted by Gasteiger charge is 2.13. The quantitative estimate of drug-likeness (QED) is 0.515. The number of hydrogen-bond donors (Lipinski definition) is 1. The number of carbonyl (C=O) groups is 2. The third-order valence-electron chi connectivity index (χ3n) is 3.73. The summed E-state index contributed by atoms with van der Waals surface area (Å²) in [4.78, 5) is 24.4. The Kier molecular flexibility index (Phi) is 5.34. The van der Waals surface area contributed by atoms with E-state index in [0.717, 1.165) is 11.3 Å². The molecule has 26 heavy (non-hydrogen) atoms. The van der Waals surface area contributed by atoms with Gasteiger partial charge in [0.05, 0.1) is 10.6 Å². The minimum atomic E-state index is -0.549. The number of aryl methyl sites for hydroxylation is 1. The van der Waals surface area contributed by atoms with Crippen molar-refractivity contribution < 1.29 is 14.3 Å². The van der Waals surface area contributed by atoms with Gasteiger partial charge in [-0.3, -0.25) is 4.79 Å². The van der Waals surface area contributed by atoms with Crippen LogP contribution in [-0.4, -0.2) is 11.9 Å². The topological polar surface area (TPSA) is 55.4 Å². The molecule has 3 aromatic rings. The smallest absolute Gasteiger partial charge is 0.345 e. The Morgan fingerprint density at radius 2 is 1.54 bits per heavy atom. The molecule has 0 heterocycles. The van der Waals surface area contributed by atoms with Crippen LogP contribution in [0.1, 0.15) is 26.3 Å². The van der Waals surface area contributed by atoms with Gasteiger partial charge in [-0.2, -0.15) is 0 Å². The molecular weight excluding hydrogens is 350 g/mol. The van der Waals surface area contributed by atoms with E-state index >= 15 is 0 Å². The molecule has 0 aliphatic heterocycles. The normalized spacial score (nSPS) is 10.2. The van der Waals surface area contributed by atoms with Crippen LogP contribution in [0, 0.1) is 6.92 Å². The highest BCUT2D eigenvalue weighted by atomic mass is 35.5. The molecule has 3 rings (SSSR count).